The molecule has 25 heavy (non-hydrogen) atoms. The Morgan fingerprint density at radius 1 is 1.12 bits per heavy atom. The van der Waals surface area contributed by atoms with Gasteiger partial charge in [0.1, 0.15) is 0 Å². The van der Waals surface area contributed by atoms with E-state index < -0.39 is 55.2 Å². The molecule has 11 heteroatoms. The van der Waals surface area contributed by atoms with Gasteiger partial charge >= 0.3 is 14.0 Å². The first-order valence-corrected chi connectivity index (χ1v) is 8.71. The molecule has 0 bridgehead atoms. The van der Waals surface area contributed by atoms with Gasteiger partial charge in [-0.2, -0.15) is 4.89 Å². The molecule has 4 atom stereocenters. The zero-order valence-corrected chi connectivity index (χ0v) is 14.3. The van der Waals surface area contributed by atoms with Gasteiger partial charge in [0, 0.05) is 37.0 Å². The summed E-state index contributed by atoms with van der Waals surface area (Å²) in [6.07, 6.45) is 1.88. The fourth-order valence-electron chi connectivity index (χ4n) is 2.62. The topological polar surface area (TPSA) is 138 Å². The summed E-state index contributed by atoms with van der Waals surface area (Å²) in [5.74, 6) is -4.86. The third-order valence-electron chi connectivity index (χ3n) is 4.18. The van der Waals surface area contributed by atoms with Crippen LogP contribution in [0.2, 0.25) is 0 Å². The molecule has 10 nitrogen and oxygen atoms in total. The smallest absolute Gasteiger partial charge is 0.325 e. The van der Waals surface area contributed by atoms with Crippen molar-refractivity contribution in [3.05, 3.63) is 12.2 Å². The summed E-state index contributed by atoms with van der Waals surface area (Å²) in [7, 11) is -3.11. The SMILES string of the molecule is CC(C(C)N1C(=O)C=CC1=O)C(C(=O)ON1C(=O)CCC1=O)[P+](=O)O. The van der Waals surface area contributed by atoms with Crippen LogP contribution < -0.4 is 0 Å². The van der Waals surface area contributed by atoms with Crippen LogP contribution >= 0.6 is 8.03 Å². The van der Waals surface area contributed by atoms with E-state index in [9.17, 15) is 33.4 Å². The third-order valence-corrected chi connectivity index (χ3v) is 5.33. The Bertz CT molecular complexity index is 669. The Balaban J connectivity index is 2.16. The van der Waals surface area contributed by atoms with Crippen LogP contribution in [-0.4, -0.2) is 56.2 Å². The minimum atomic E-state index is -3.11. The molecule has 0 saturated carbocycles. The van der Waals surface area contributed by atoms with E-state index >= 15 is 0 Å². The molecule has 4 amide bonds. The predicted molar refractivity (Wildman–Crippen MR) is 80.4 cm³/mol. The number of amides is 4. The van der Waals surface area contributed by atoms with Crippen LogP contribution in [0, 0.1) is 5.92 Å². The first-order valence-electron chi connectivity index (χ1n) is 7.43. The summed E-state index contributed by atoms with van der Waals surface area (Å²) in [4.78, 5) is 73.7. The first-order chi connectivity index (χ1) is 11.6. The number of nitrogens with zero attached hydrogens (tertiary/aromatic N) is 2. The quantitative estimate of drug-likeness (QED) is 0.494. The van der Waals surface area contributed by atoms with E-state index in [1.54, 1.807) is 0 Å². The number of hydrogen-bond donors (Lipinski definition) is 1. The van der Waals surface area contributed by atoms with E-state index in [-0.39, 0.29) is 17.9 Å². The predicted octanol–water partition coefficient (Wildman–Crippen LogP) is -0.354. The Hall–Kier alpha value is -2.45. The molecular formula is C14H16N2O8P+. The highest BCUT2D eigenvalue weighted by molar-refractivity contribution is 7.40. The summed E-state index contributed by atoms with van der Waals surface area (Å²) in [6.45, 7) is 2.84. The average Bonchev–Trinajstić information content (AvgIpc) is 3.02. The molecule has 2 aliphatic heterocycles. The van der Waals surface area contributed by atoms with Crippen molar-refractivity contribution in [3.8, 4) is 0 Å². The van der Waals surface area contributed by atoms with Gasteiger partial charge in [-0.15, -0.1) is 5.06 Å². The third kappa shape index (κ3) is 3.64. The number of hydroxylamine groups is 2. The molecule has 0 radical (unpaired) electrons. The van der Waals surface area contributed by atoms with Crippen LogP contribution in [0.4, 0.5) is 0 Å². The minimum absolute atomic E-state index is 0.115. The molecule has 2 aliphatic rings. The second-order valence-electron chi connectivity index (χ2n) is 5.72. The van der Waals surface area contributed by atoms with E-state index in [1.165, 1.54) is 13.8 Å². The van der Waals surface area contributed by atoms with Gasteiger partial charge in [0.15, 0.2) is 0 Å². The van der Waals surface area contributed by atoms with Crippen LogP contribution in [0.1, 0.15) is 26.7 Å². The fourth-order valence-corrected chi connectivity index (χ4v) is 3.50. The lowest BCUT2D eigenvalue weighted by Crippen LogP contribution is -2.47. The maximum atomic E-state index is 12.2. The van der Waals surface area contributed by atoms with Gasteiger partial charge in [-0.1, -0.05) is 6.92 Å². The molecule has 0 aromatic carbocycles. The first kappa shape index (κ1) is 18.9. The van der Waals surface area contributed by atoms with Gasteiger partial charge in [0.05, 0.1) is 0 Å². The molecule has 4 unspecified atom stereocenters. The normalized spacial score (nSPS) is 21.6. The van der Waals surface area contributed by atoms with Gasteiger partial charge in [-0.05, 0) is 11.5 Å². The van der Waals surface area contributed by atoms with Crippen LogP contribution in [-0.2, 0) is 33.4 Å². The summed E-state index contributed by atoms with van der Waals surface area (Å²) < 4.78 is 11.7. The van der Waals surface area contributed by atoms with Gasteiger partial charge in [0.25, 0.3) is 29.3 Å². The fraction of sp³-hybridized carbons (Fsp3) is 0.500. The zero-order valence-electron chi connectivity index (χ0n) is 13.4. The highest BCUT2D eigenvalue weighted by Crippen LogP contribution is 2.34. The summed E-state index contributed by atoms with van der Waals surface area (Å²) in [5, 5.41) is 0.277. The number of imide groups is 2. The summed E-state index contributed by atoms with van der Waals surface area (Å²) in [5.41, 5.74) is -1.63. The Labute approximate surface area is 143 Å². The number of carbonyl (C=O) groups excluding carboxylic acids is 5. The molecule has 1 fully saturated rings. The maximum absolute atomic E-state index is 12.2. The van der Waals surface area contributed by atoms with Gasteiger partial charge in [0.2, 0.25) is 0 Å². The van der Waals surface area contributed by atoms with E-state index in [4.69, 9.17) is 4.84 Å². The number of carbonyl (C=O) groups is 5. The molecule has 0 spiro atoms. The van der Waals surface area contributed by atoms with Crippen molar-refractivity contribution >= 4 is 37.6 Å². The Morgan fingerprint density at radius 3 is 2.04 bits per heavy atom. The summed E-state index contributed by atoms with van der Waals surface area (Å²) in [6, 6.07) is -0.886. The van der Waals surface area contributed by atoms with E-state index in [0.29, 0.717) is 0 Å². The molecule has 1 N–H and O–H groups in total. The molecule has 0 aromatic rings. The zero-order chi connectivity index (χ0) is 18.9. The number of hydrogen-bond acceptors (Lipinski definition) is 7. The van der Waals surface area contributed by atoms with Crippen molar-refractivity contribution in [2.24, 2.45) is 5.92 Å². The highest BCUT2D eigenvalue weighted by Gasteiger charge is 2.50. The molecule has 134 valence electrons. The molecule has 2 heterocycles. The second-order valence-corrected chi connectivity index (χ2v) is 6.88. The van der Waals surface area contributed by atoms with Crippen molar-refractivity contribution < 1.29 is 38.3 Å². The lowest BCUT2D eigenvalue weighted by atomic mass is 9.98. The molecule has 0 aromatic heterocycles. The van der Waals surface area contributed by atoms with Crippen LogP contribution in [0.25, 0.3) is 0 Å². The van der Waals surface area contributed by atoms with E-state index in [0.717, 1.165) is 17.1 Å². The summed E-state index contributed by atoms with van der Waals surface area (Å²) >= 11 is 0. The van der Waals surface area contributed by atoms with Crippen molar-refractivity contribution in [3.63, 3.8) is 0 Å². The lowest BCUT2D eigenvalue weighted by Gasteiger charge is -2.28. The van der Waals surface area contributed by atoms with Crippen LogP contribution in [0.5, 0.6) is 0 Å². The van der Waals surface area contributed by atoms with Crippen molar-refractivity contribution in [1.29, 1.82) is 0 Å². The molecule has 2 rings (SSSR count). The van der Waals surface area contributed by atoms with Crippen LogP contribution in [0.3, 0.4) is 0 Å². The Morgan fingerprint density at radius 2 is 1.60 bits per heavy atom. The Kier molecular flexibility index (Phi) is 5.44. The van der Waals surface area contributed by atoms with Crippen molar-refractivity contribution in [1.82, 2.24) is 9.96 Å². The standard InChI is InChI=1S/C14H15N2O8P/c1-7(8(2)15-9(17)3-4-10(15)18)13(25(22)23)14(21)24-16-11(19)5-6-12(16)20/h3-4,7-8,13H,5-6H2,1-2H3/p+1. The van der Waals surface area contributed by atoms with E-state index in [1.807, 2.05) is 0 Å². The molecular weight excluding hydrogens is 355 g/mol. The monoisotopic (exact) mass is 371 g/mol. The molecule has 0 aliphatic carbocycles. The molecule has 1 saturated heterocycles. The maximum Gasteiger partial charge on any atom is 0.521 e. The van der Waals surface area contributed by atoms with E-state index in [2.05, 4.69) is 0 Å². The van der Waals surface area contributed by atoms with Gasteiger partial charge < -0.3 is 4.84 Å². The van der Waals surface area contributed by atoms with Gasteiger partial charge in [-0.25, -0.2) is 4.79 Å². The minimum Gasteiger partial charge on any atom is -0.325 e. The second kappa shape index (κ2) is 7.20. The van der Waals surface area contributed by atoms with Gasteiger partial charge in [-0.3, -0.25) is 24.1 Å². The van der Waals surface area contributed by atoms with Crippen molar-refractivity contribution in [2.75, 3.05) is 0 Å². The van der Waals surface area contributed by atoms with Crippen molar-refractivity contribution in [2.45, 2.75) is 38.4 Å². The largest absolute Gasteiger partial charge is 0.521 e. The lowest BCUT2D eigenvalue weighted by molar-refractivity contribution is -0.198. The number of rotatable bonds is 6. The highest BCUT2D eigenvalue weighted by atomic mass is 31.1. The average molecular weight is 371 g/mol. The van der Waals surface area contributed by atoms with Crippen LogP contribution in [0.15, 0.2) is 12.2 Å².